The fourth-order valence-electron chi connectivity index (χ4n) is 5.14. The van der Waals surface area contributed by atoms with Crippen molar-refractivity contribution in [1.82, 2.24) is 10.2 Å². The highest BCUT2D eigenvalue weighted by atomic mass is 19.3. The van der Waals surface area contributed by atoms with Crippen LogP contribution in [-0.2, 0) is 15.5 Å². The summed E-state index contributed by atoms with van der Waals surface area (Å²) in [6.07, 6.45) is 0.430. The van der Waals surface area contributed by atoms with Crippen LogP contribution in [0.15, 0.2) is 42.5 Å². The Morgan fingerprint density at radius 3 is 2.58 bits per heavy atom. The van der Waals surface area contributed by atoms with Crippen LogP contribution in [-0.4, -0.2) is 46.4 Å². The molecule has 1 unspecified atom stereocenters. The van der Waals surface area contributed by atoms with Crippen LogP contribution in [0.25, 0.3) is 11.1 Å². The smallest absolute Gasteiger partial charge is 0.326 e. The summed E-state index contributed by atoms with van der Waals surface area (Å²) in [4.78, 5) is 38.1. The molecule has 0 spiro atoms. The molecule has 0 aromatic heterocycles. The van der Waals surface area contributed by atoms with Gasteiger partial charge in [-0.15, -0.1) is 0 Å². The van der Waals surface area contributed by atoms with Gasteiger partial charge in [-0.1, -0.05) is 37.3 Å². The number of carbonyl (C=O) groups excluding carboxylic acids is 2. The van der Waals surface area contributed by atoms with Crippen LogP contribution in [0.1, 0.15) is 34.8 Å². The van der Waals surface area contributed by atoms with Crippen molar-refractivity contribution in [3.8, 4) is 11.1 Å². The first-order chi connectivity index (χ1) is 14.7. The second-order valence-corrected chi connectivity index (χ2v) is 8.47. The molecule has 2 amide bonds. The zero-order valence-electron chi connectivity index (χ0n) is 16.6. The Morgan fingerprint density at radius 1 is 1.13 bits per heavy atom. The van der Waals surface area contributed by atoms with Crippen molar-refractivity contribution in [3.05, 3.63) is 59.2 Å². The number of carbonyl (C=O) groups is 3. The summed E-state index contributed by atoms with van der Waals surface area (Å²) in [5.74, 6) is -4.74. The van der Waals surface area contributed by atoms with Gasteiger partial charge in [0.2, 0.25) is 5.91 Å². The SMILES string of the molecule is C[C@H]1C2C[C@@H](C(=O)O)N(C(=O)CNC(=O)c3ccc4c(c3)-c3ccccc3C4(F)F)[C@H]21. The summed E-state index contributed by atoms with van der Waals surface area (Å²) >= 11 is 0. The zero-order chi connectivity index (χ0) is 22.1. The van der Waals surface area contributed by atoms with E-state index in [1.807, 2.05) is 6.92 Å². The first-order valence-corrected chi connectivity index (χ1v) is 10.2. The number of nitrogens with one attached hydrogen (secondary N) is 1. The predicted molar refractivity (Wildman–Crippen MR) is 107 cm³/mol. The summed E-state index contributed by atoms with van der Waals surface area (Å²) in [5.41, 5.74) is 0.576. The molecule has 8 heteroatoms. The lowest BCUT2D eigenvalue weighted by Crippen LogP contribution is -2.48. The van der Waals surface area contributed by atoms with Crippen molar-refractivity contribution < 1.29 is 28.3 Å². The normalized spacial score (nSPS) is 26.6. The van der Waals surface area contributed by atoms with Gasteiger partial charge in [-0.25, -0.2) is 4.79 Å². The van der Waals surface area contributed by atoms with Crippen LogP contribution in [0.4, 0.5) is 8.78 Å². The first kappa shape index (κ1) is 19.7. The quantitative estimate of drug-likeness (QED) is 0.787. The Labute approximate surface area is 176 Å². The highest BCUT2D eigenvalue weighted by molar-refractivity contribution is 5.99. The third kappa shape index (κ3) is 2.85. The molecule has 1 saturated heterocycles. The number of carboxylic acids is 1. The van der Waals surface area contributed by atoms with E-state index < -0.39 is 29.7 Å². The van der Waals surface area contributed by atoms with Gasteiger partial charge in [-0.05, 0) is 41.5 Å². The summed E-state index contributed by atoms with van der Waals surface area (Å²) < 4.78 is 29.3. The van der Waals surface area contributed by atoms with Crippen LogP contribution in [0, 0.1) is 11.8 Å². The number of likely N-dealkylation sites (tertiary alicyclic amines) is 1. The van der Waals surface area contributed by atoms with E-state index in [2.05, 4.69) is 5.32 Å². The van der Waals surface area contributed by atoms with Crippen LogP contribution in [0.5, 0.6) is 0 Å². The van der Waals surface area contributed by atoms with Gasteiger partial charge in [0.05, 0.1) is 6.54 Å². The molecule has 3 aliphatic rings. The largest absolute Gasteiger partial charge is 0.480 e. The number of hydrogen-bond donors (Lipinski definition) is 2. The number of amides is 2. The van der Waals surface area contributed by atoms with E-state index in [9.17, 15) is 28.3 Å². The van der Waals surface area contributed by atoms with Gasteiger partial charge in [0.1, 0.15) is 6.04 Å². The molecule has 160 valence electrons. The maximum Gasteiger partial charge on any atom is 0.326 e. The van der Waals surface area contributed by atoms with Crippen molar-refractivity contribution in [3.63, 3.8) is 0 Å². The van der Waals surface area contributed by atoms with E-state index in [1.54, 1.807) is 18.2 Å². The second-order valence-electron chi connectivity index (χ2n) is 8.47. The Balaban J connectivity index is 1.33. The topological polar surface area (TPSA) is 86.7 Å². The van der Waals surface area contributed by atoms with E-state index in [4.69, 9.17) is 0 Å². The molecule has 1 heterocycles. The number of fused-ring (bicyclic) bond motifs is 4. The maximum atomic E-state index is 14.7. The number of hydrogen-bond acceptors (Lipinski definition) is 3. The molecule has 2 N–H and O–H groups in total. The molecule has 2 aliphatic carbocycles. The molecule has 0 radical (unpaired) electrons. The van der Waals surface area contributed by atoms with Crippen molar-refractivity contribution in [2.45, 2.75) is 31.4 Å². The van der Waals surface area contributed by atoms with Crippen LogP contribution in [0.3, 0.4) is 0 Å². The molecule has 1 saturated carbocycles. The molecule has 4 atom stereocenters. The molecule has 5 rings (SSSR count). The minimum absolute atomic E-state index is 0.0933. The van der Waals surface area contributed by atoms with Crippen molar-refractivity contribution in [2.75, 3.05) is 6.54 Å². The Kier molecular flexibility index (Phi) is 4.19. The van der Waals surface area contributed by atoms with Crippen LogP contribution >= 0.6 is 0 Å². The zero-order valence-corrected chi connectivity index (χ0v) is 16.6. The minimum atomic E-state index is -3.13. The third-order valence-electron chi connectivity index (χ3n) is 6.81. The number of carboxylic acid groups (broad SMARTS) is 1. The predicted octanol–water partition coefficient (Wildman–Crippen LogP) is 2.86. The summed E-state index contributed by atoms with van der Waals surface area (Å²) in [6.45, 7) is 1.63. The summed E-state index contributed by atoms with van der Waals surface area (Å²) in [7, 11) is 0. The lowest BCUT2D eigenvalue weighted by molar-refractivity contribution is -0.149. The molecule has 2 aromatic rings. The van der Waals surface area contributed by atoms with Gasteiger partial charge < -0.3 is 15.3 Å². The molecule has 6 nitrogen and oxygen atoms in total. The van der Waals surface area contributed by atoms with Crippen molar-refractivity contribution in [2.24, 2.45) is 11.8 Å². The van der Waals surface area contributed by atoms with Gasteiger partial charge in [0, 0.05) is 22.7 Å². The Morgan fingerprint density at radius 2 is 1.84 bits per heavy atom. The van der Waals surface area contributed by atoms with Gasteiger partial charge in [0.25, 0.3) is 11.8 Å². The number of aliphatic carboxylic acids is 1. The number of rotatable bonds is 4. The van der Waals surface area contributed by atoms with Gasteiger partial charge >= 0.3 is 5.97 Å². The van der Waals surface area contributed by atoms with E-state index in [1.165, 1.54) is 29.2 Å². The average Bonchev–Trinajstić information content (AvgIpc) is 3.11. The molecule has 2 aromatic carbocycles. The summed E-state index contributed by atoms with van der Waals surface area (Å²) in [5, 5.41) is 11.9. The third-order valence-corrected chi connectivity index (χ3v) is 6.81. The molecular formula is C23H20F2N2O4. The Bertz CT molecular complexity index is 1130. The highest BCUT2D eigenvalue weighted by Crippen LogP contribution is 2.53. The van der Waals surface area contributed by atoms with Crippen LogP contribution in [0.2, 0.25) is 0 Å². The first-order valence-electron chi connectivity index (χ1n) is 10.2. The van der Waals surface area contributed by atoms with Crippen molar-refractivity contribution >= 4 is 17.8 Å². The molecular weight excluding hydrogens is 406 g/mol. The lowest BCUT2D eigenvalue weighted by Gasteiger charge is -2.25. The molecule has 31 heavy (non-hydrogen) atoms. The second kappa shape index (κ2) is 6.60. The van der Waals surface area contributed by atoms with Gasteiger partial charge in [-0.3, -0.25) is 9.59 Å². The average molecular weight is 426 g/mol. The maximum absolute atomic E-state index is 14.7. The highest BCUT2D eigenvalue weighted by Gasteiger charge is 2.61. The number of nitrogens with zero attached hydrogens (tertiary/aromatic N) is 1. The Hall–Kier alpha value is -3.29. The molecule has 1 aliphatic heterocycles. The number of halogens is 2. The van der Waals surface area contributed by atoms with E-state index in [-0.39, 0.29) is 41.1 Å². The lowest BCUT2D eigenvalue weighted by atomic mass is 10.0. The van der Waals surface area contributed by atoms with Crippen LogP contribution < -0.4 is 5.32 Å². The van der Waals surface area contributed by atoms with Crippen molar-refractivity contribution in [1.29, 1.82) is 0 Å². The van der Waals surface area contributed by atoms with E-state index in [0.717, 1.165) is 0 Å². The molecule has 0 bridgehead atoms. The minimum Gasteiger partial charge on any atom is -0.480 e. The number of benzene rings is 2. The number of piperidine rings is 1. The van der Waals surface area contributed by atoms with Gasteiger partial charge in [-0.2, -0.15) is 8.78 Å². The monoisotopic (exact) mass is 426 g/mol. The number of alkyl halides is 2. The van der Waals surface area contributed by atoms with E-state index >= 15 is 0 Å². The fraction of sp³-hybridized carbons (Fsp3) is 0.348. The van der Waals surface area contributed by atoms with Gasteiger partial charge in [0.15, 0.2) is 0 Å². The summed E-state index contributed by atoms with van der Waals surface area (Å²) in [6, 6.07) is 9.17. The fourth-order valence-corrected chi connectivity index (χ4v) is 5.14. The standard InChI is InChI=1S/C23H20F2N2O4/c1-11-14-9-18(22(30)31)27(20(11)14)19(28)10-26-21(29)12-6-7-17-15(8-12)13-4-2-3-5-16(13)23(17,24)25/h2-8,11,14,18,20H,9-10H2,1H3,(H,26,29)(H,30,31)/t11-,14?,18-,20-/m0/s1. The molecule has 2 fully saturated rings. The van der Waals surface area contributed by atoms with E-state index in [0.29, 0.717) is 17.5 Å².